The zero-order chi connectivity index (χ0) is 11.9. The molecular formula is C14H18N2O. The average Bonchev–Trinajstić information content (AvgIpc) is 2.41. The molecule has 17 heavy (non-hydrogen) atoms. The molecule has 3 heteroatoms. The highest BCUT2D eigenvalue weighted by molar-refractivity contribution is 5.31. The van der Waals surface area contributed by atoms with Crippen molar-refractivity contribution in [3.8, 4) is 6.07 Å². The zero-order valence-electron chi connectivity index (χ0n) is 9.98. The summed E-state index contributed by atoms with van der Waals surface area (Å²) in [6.45, 7) is 3.69. The van der Waals surface area contributed by atoms with Crippen LogP contribution in [0.5, 0.6) is 0 Å². The Hall–Kier alpha value is -1.37. The second-order valence-electron chi connectivity index (χ2n) is 4.52. The monoisotopic (exact) mass is 230 g/mol. The highest BCUT2D eigenvalue weighted by atomic mass is 16.5. The van der Waals surface area contributed by atoms with E-state index in [1.54, 1.807) is 0 Å². The molecule has 0 saturated carbocycles. The van der Waals surface area contributed by atoms with Crippen molar-refractivity contribution in [2.75, 3.05) is 19.8 Å². The van der Waals surface area contributed by atoms with Gasteiger partial charge in [0.25, 0.3) is 0 Å². The van der Waals surface area contributed by atoms with Crippen LogP contribution in [0.1, 0.15) is 24.0 Å². The maximum atomic E-state index is 8.70. The molecule has 0 spiro atoms. The molecule has 1 aromatic rings. The van der Waals surface area contributed by atoms with Crippen molar-refractivity contribution >= 4 is 0 Å². The molecule has 1 aliphatic heterocycles. The van der Waals surface area contributed by atoms with Crippen LogP contribution < -0.4 is 5.32 Å². The predicted molar refractivity (Wildman–Crippen MR) is 66.4 cm³/mol. The molecule has 1 aromatic carbocycles. The molecule has 1 N–H and O–H groups in total. The third kappa shape index (κ3) is 3.85. The molecule has 0 radical (unpaired) electrons. The molecule has 0 bridgehead atoms. The summed E-state index contributed by atoms with van der Waals surface area (Å²) in [5.41, 5.74) is 1.94. The molecule has 0 amide bonds. The van der Waals surface area contributed by atoms with E-state index in [0.29, 0.717) is 5.92 Å². The predicted octanol–water partition coefficient (Wildman–Crippen LogP) is 2.07. The van der Waals surface area contributed by atoms with Crippen LogP contribution >= 0.6 is 0 Å². The Kier molecular flexibility index (Phi) is 4.54. The first-order valence-corrected chi connectivity index (χ1v) is 6.16. The van der Waals surface area contributed by atoms with Crippen LogP contribution in [-0.4, -0.2) is 19.8 Å². The highest BCUT2D eigenvalue weighted by Gasteiger charge is 2.12. The lowest BCUT2D eigenvalue weighted by Crippen LogP contribution is -2.28. The van der Waals surface area contributed by atoms with Gasteiger partial charge in [0.2, 0.25) is 0 Å². The topological polar surface area (TPSA) is 45.0 Å². The first-order valence-electron chi connectivity index (χ1n) is 6.16. The van der Waals surface area contributed by atoms with Crippen LogP contribution in [0, 0.1) is 17.2 Å². The summed E-state index contributed by atoms with van der Waals surface area (Å²) in [4.78, 5) is 0. The van der Waals surface area contributed by atoms with Crippen LogP contribution in [0.2, 0.25) is 0 Å². The highest BCUT2D eigenvalue weighted by Crippen LogP contribution is 2.12. The Balaban J connectivity index is 1.72. The summed E-state index contributed by atoms with van der Waals surface area (Å²) in [7, 11) is 0. The smallest absolute Gasteiger partial charge is 0.0991 e. The second-order valence-corrected chi connectivity index (χ2v) is 4.52. The minimum absolute atomic E-state index is 0.655. The number of rotatable bonds is 4. The van der Waals surface area contributed by atoms with Gasteiger partial charge in [-0.2, -0.15) is 5.26 Å². The van der Waals surface area contributed by atoms with Gasteiger partial charge in [-0.25, -0.2) is 0 Å². The lowest BCUT2D eigenvalue weighted by Gasteiger charge is -2.22. The van der Waals surface area contributed by atoms with E-state index in [0.717, 1.165) is 31.9 Å². The van der Waals surface area contributed by atoms with Crippen LogP contribution in [0.25, 0.3) is 0 Å². The second kappa shape index (κ2) is 6.39. The van der Waals surface area contributed by atoms with Gasteiger partial charge in [-0.05, 0) is 36.5 Å². The fourth-order valence-corrected chi connectivity index (χ4v) is 2.09. The number of benzene rings is 1. The van der Waals surface area contributed by atoms with Gasteiger partial charge in [0.1, 0.15) is 0 Å². The normalized spacial score (nSPS) is 19.8. The summed E-state index contributed by atoms with van der Waals surface area (Å²) >= 11 is 0. The lowest BCUT2D eigenvalue weighted by molar-refractivity contribution is 0.0547. The quantitative estimate of drug-likeness (QED) is 0.861. The van der Waals surface area contributed by atoms with Gasteiger partial charge in [0, 0.05) is 19.7 Å². The van der Waals surface area contributed by atoms with Crippen molar-refractivity contribution in [2.24, 2.45) is 5.92 Å². The van der Waals surface area contributed by atoms with Crippen molar-refractivity contribution < 1.29 is 4.74 Å². The number of nitrogens with zero attached hydrogens (tertiary/aromatic N) is 1. The van der Waals surface area contributed by atoms with E-state index in [9.17, 15) is 0 Å². The molecule has 2 rings (SSSR count). The first kappa shape index (κ1) is 12.1. The molecule has 1 aliphatic rings. The van der Waals surface area contributed by atoms with E-state index < -0.39 is 0 Å². The summed E-state index contributed by atoms with van der Waals surface area (Å²) in [6, 6.07) is 9.85. The molecule has 1 unspecified atom stereocenters. The maximum Gasteiger partial charge on any atom is 0.0991 e. The average molecular weight is 230 g/mol. The van der Waals surface area contributed by atoms with Crippen LogP contribution in [0.3, 0.4) is 0 Å². The third-order valence-electron chi connectivity index (χ3n) is 3.10. The van der Waals surface area contributed by atoms with E-state index >= 15 is 0 Å². The summed E-state index contributed by atoms with van der Waals surface area (Å²) < 4.78 is 5.44. The fraction of sp³-hybridized carbons (Fsp3) is 0.500. The molecule has 1 fully saturated rings. The van der Waals surface area contributed by atoms with Gasteiger partial charge in [-0.15, -0.1) is 0 Å². The van der Waals surface area contributed by atoms with Gasteiger partial charge >= 0.3 is 0 Å². The van der Waals surface area contributed by atoms with Crippen molar-refractivity contribution in [1.29, 1.82) is 5.26 Å². The van der Waals surface area contributed by atoms with Crippen molar-refractivity contribution in [2.45, 2.75) is 19.4 Å². The minimum atomic E-state index is 0.655. The Morgan fingerprint density at radius 3 is 2.82 bits per heavy atom. The summed E-state index contributed by atoms with van der Waals surface area (Å²) in [5, 5.41) is 12.1. The van der Waals surface area contributed by atoms with Gasteiger partial charge in [-0.1, -0.05) is 12.1 Å². The fourth-order valence-electron chi connectivity index (χ4n) is 2.09. The van der Waals surface area contributed by atoms with Gasteiger partial charge in [0.05, 0.1) is 18.2 Å². The Morgan fingerprint density at radius 1 is 1.35 bits per heavy atom. The molecular weight excluding hydrogens is 212 g/mol. The van der Waals surface area contributed by atoms with E-state index in [-0.39, 0.29) is 0 Å². The number of nitrogens with one attached hydrogen (secondary N) is 1. The van der Waals surface area contributed by atoms with Crippen molar-refractivity contribution in [3.05, 3.63) is 35.4 Å². The summed E-state index contributed by atoms with van der Waals surface area (Å²) in [6.07, 6.45) is 2.45. The standard InChI is InChI=1S/C14H18N2O/c15-8-12-3-5-13(6-4-12)9-16-10-14-2-1-7-17-11-14/h3-6,14,16H,1-2,7,9-11H2. The minimum Gasteiger partial charge on any atom is -0.381 e. The van der Waals surface area contributed by atoms with Crippen LogP contribution in [0.4, 0.5) is 0 Å². The molecule has 1 saturated heterocycles. The van der Waals surface area contributed by atoms with Crippen molar-refractivity contribution in [3.63, 3.8) is 0 Å². The molecule has 1 atom stereocenters. The van der Waals surface area contributed by atoms with Gasteiger partial charge < -0.3 is 10.1 Å². The third-order valence-corrected chi connectivity index (χ3v) is 3.10. The van der Waals surface area contributed by atoms with Crippen LogP contribution in [0.15, 0.2) is 24.3 Å². The van der Waals surface area contributed by atoms with E-state index in [4.69, 9.17) is 10.00 Å². The number of hydrogen-bond donors (Lipinski definition) is 1. The first-order chi connectivity index (χ1) is 8.38. The number of hydrogen-bond acceptors (Lipinski definition) is 3. The van der Waals surface area contributed by atoms with Crippen molar-refractivity contribution in [1.82, 2.24) is 5.32 Å². The lowest BCUT2D eigenvalue weighted by atomic mass is 10.0. The number of ether oxygens (including phenoxy) is 1. The molecule has 0 aromatic heterocycles. The van der Waals surface area contributed by atoms with Crippen LogP contribution in [-0.2, 0) is 11.3 Å². The number of nitriles is 1. The molecule has 1 heterocycles. The molecule has 0 aliphatic carbocycles. The molecule has 90 valence electrons. The largest absolute Gasteiger partial charge is 0.381 e. The SMILES string of the molecule is N#Cc1ccc(CNCC2CCCOC2)cc1. The zero-order valence-corrected chi connectivity index (χ0v) is 9.98. The Morgan fingerprint density at radius 2 is 2.18 bits per heavy atom. The van der Waals surface area contributed by atoms with E-state index in [1.807, 2.05) is 24.3 Å². The summed E-state index contributed by atoms with van der Waals surface area (Å²) in [5.74, 6) is 0.655. The van der Waals surface area contributed by atoms with Gasteiger partial charge in [0.15, 0.2) is 0 Å². The van der Waals surface area contributed by atoms with Gasteiger partial charge in [-0.3, -0.25) is 0 Å². The molecule has 3 nitrogen and oxygen atoms in total. The maximum absolute atomic E-state index is 8.70. The van der Waals surface area contributed by atoms with E-state index in [2.05, 4.69) is 11.4 Å². The van der Waals surface area contributed by atoms with E-state index in [1.165, 1.54) is 18.4 Å². The Labute approximate surface area is 102 Å². The Bertz CT molecular complexity index is 374.